The zero-order chi connectivity index (χ0) is 11.9. The van der Waals surface area contributed by atoms with Gasteiger partial charge in [-0.25, -0.2) is 0 Å². The summed E-state index contributed by atoms with van der Waals surface area (Å²) in [4.78, 5) is 0. The average molecular weight is 223 g/mol. The molecule has 16 heavy (non-hydrogen) atoms. The van der Waals surface area contributed by atoms with Crippen molar-refractivity contribution >= 4 is 0 Å². The monoisotopic (exact) mass is 223 g/mol. The molecule has 3 nitrogen and oxygen atoms in total. The van der Waals surface area contributed by atoms with Gasteiger partial charge in [-0.3, -0.25) is 0 Å². The molecule has 0 fully saturated rings. The lowest BCUT2D eigenvalue weighted by Crippen LogP contribution is -2.42. The Bertz CT molecular complexity index is 289. The van der Waals surface area contributed by atoms with Gasteiger partial charge in [-0.1, -0.05) is 37.3 Å². The Morgan fingerprint density at radius 2 is 2.00 bits per heavy atom. The minimum atomic E-state index is -0.939. The SMILES string of the molecule is CCCNCC(O)(COC)c1ccccc1. The third kappa shape index (κ3) is 3.59. The number of methoxy groups -OCH3 is 1. The van der Waals surface area contributed by atoms with E-state index < -0.39 is 5.60 Å². The van der Waals surface area contributed by atoms with Crippen molar-refractivity contribution in [2.24, 2.45) is 0 Å². The number of hydrogen-bond acceptors (Lipinski definition) is 3. The lowest BCUT2D eigenvalue weighted by atomic mass is 9.94. The molecule has 1 aromatic carbocycles. The Labute approximate surface area is 97.4 Å². The first-order chi connectivity index (χ1) is 7.73. The fourth-order valence-corrected chi connectivity index (χ4v) is 1.70. The average Bonchev–Trinajstić information content (AvgIpc) is 2.31. The van der Waals surface area contributed by atoms with Gasteiger partial charge in [0.15, 0.2) is 0 Å². The van der Waals surface area contributed by atoms with Crippen LogP contribution in [0.2, 0.25) is 0 Å². The summed E-state index contributed by atoms with van der Waals surface area (Å²) in [7, 11) is 1.60. The summed E-state index contributed by atoms with van der Waals surface area (Å²) in [6.07, 6.45) is 1.05. The first-order valence-electron chi connectivity index (χ1n) is 5.70. The number of benzene rings is 1. The molecule has 1 unspecified atom stereocenters. The molecule has 0 heterocycles. The number of ether oxygens (including phenoxy) is 1. The molecule has 0 saturated heterocycles. The third-order valence-electron chi connectivity index (χ3n) is 2.54. The summed E-state index contributed by atoms with van der Waals surface area (Å²) in [6.45, 7) is 3.82. The van der Waals surface area contributed by atoms with Crippen LogP contribution < -0.4 is 5.32 Å². The van der Waals surface area contributed by atoms with Gasteiger partial charge < -0.3 is 15.2 Å². The molecule has 0 amide bonds. The Hall–Kier alpha value is -0.900. The number of nitrogens with one attached hydrogen (secondary N) is 1. The molecule has 1 aromatic rings. The predicted molar refractivity (Wildman–Crippen MR) is 65.4 cm³/mol. The van der Waals surface area contributed by atoms with E-state index >= 15 is 0 Å². The number of aliphatic hydroxyl groups is 1. The van der Waals surface area contributed by atoms with Gasteiger partial charge >= 0.3 is 0 Å². The fourth-order valence-electron chi connectivity index (χ4n) is 1.70. The summed E-state index contributed by atoms with van der Waals surface area (Å²) >= 11 is 0. The molecule has 0 bridgehead atoms. The van der Waals surface area contributed by atoms with E-state index in [-0.39, 0.29) is 0 Å². The highest BCUT2D eigenvalue weighted by atomic mass is 16.5. The third-order valence-corrected chi connectivity index (χ3v) is 2.54. The van der Waals surface area contributed by atoms with Gasteiger partial charge in [0.25, 0.3) is 0 Å². The van der Waals surface area contributed by atoms with Crippen molar-refractivity contribution in [1.29, 1.82) is 0 Å². The minimum Gasteiger partial charge on any atom is -0.381 e. The molecule has 3 heteroatoms. The highest BCUT2D eigenvalue weighted by molar-refractivity contribution is 5.22. The van der Waals surface area contributed by atoms with Crippen molar-refractivity contribution in [2.75, 3.05) is 26.8 Å². The lowest BCUT2D eigenvalue weighted by molar-refractivity contribution is -0.0344. The topological polar surface area (TPSA) is 41.5 Å². The van der Waals surface area contributed by atoms with Gasteiger partial charge in [-0.05, 0) is 18.5 Å². The van der Waals surface area contributed by atoms with Gasteiger partial charge in [0.1, 0.15) is 5.60 Å². The van der Waals surface area contributed by atoms with Crippen LogP contribution in [0.3, 0.4) is 0 Å². The van der Waals surface area contributed by atoms with Crippen molar-refractivity contribution in [1.82, 2.24) is 5.32 Å². The second kappa shape index (κ2) is 6.63. The van der Waals surface area contributed by atoms with E-state index in [4.69, 9.17) is 4.74 Å². The second-order valence-electron chi connectivity index (χ2n) is 4.01. The highest BCUT2D eigenvalue weighted by Crippen LogP contribution is 2.20. The van der Waals surface area contributed by atoms with E-state index in [0.29, 0.717) is 13.2 Å². The van der Waals surface area contributed by atoms with E-state index in [1.54, 1.807) is 7.11 Å². The maximum absolute atomic E-state index is 10.5. The Balaban J connectivity index is 2.71. The zero-order valence-corrected chi connectivity index (χ0v) is 10.1. The van der Waals surface area contributed by atoms with Gasteiger partial charge in [-0.15, -0.1) is 0 Å². The zero-order valence-electron chi connectivity index (χ0n) is 10.1. The number of rotatable bonds is 7. The van der Waals surface area contributed by atoms with Crippen molar-refractivity contribution in [3.8, 4) is 0 Å². The highest BCUT2D eigenvalue weighted by Gasteiger charge is 2.28. The molecule has 0 aliphatic heterocycles. The summed E-state index contributed by atoms with van der Waals surface area (Å²) in [5.74, 6) is 0. The summed E-state index contributed by atoms with van der Waals surface area (Å²) in [6, 6.07) is 9.64. The van der Waals surface area contributed by atoms with Crippen molar-refractivity contribution < 1.29 is 9.84 Å². The van der Waals surface area contributed by atoms with Crippen molar-refractivity contribution in [3.05, 3.63) is 35.9 Å². The van der Waals surface area contributed by atoms with Crippen LogP contribution >= 0.6 is 0 Å². The Morgan fingerprint density at radius 1 is 1.31 bits per heavy atom. The van der Waals surface area contributed by atoms with E-state index in [1.807, 2.05) is 30.3 Å². The molecule has 0 radical (unpaired) electrons. The van der Waals surface area contributed by atoms with Gasteiger partial charge in [0.2, 0.25) is 0 Å². The van der Waals surface area contributed by atoms with Crippen LogP contribution in [0, 0.1) is 0 Å². The molecule has 0 spiro atoms. The Morgan fingerprint density at radius 3 is 2.56 bits per heavy atom. The lowest BCUT2D eigenvalue weighted by Gasteiger charge is -2.28. The molecule has 0 aliphatic rings. The molecule has 1 atom stereocenters. The largest absolute Gasteiger partial charge is 0.381 e. The number of hydrogen-bond donors (Lipinski definition) is 2. The van der Waals surface area contributed by atoms with Gasteiger partial charge in [-0.2, -0.15) is 0 Å². The van der Waals surface area contributed by atoms with E-state index in [2.05, 4.69) is 12.2 Å². The molecular weight excluding hydrogens is 202 g/mol. The summed E-state index contributed by atoms with van der Waals surface area (Å²) in [5.41, 5.74) is -0.0500. The van der Waals surface area contributed by atoms with E-state index in [0.717, 1.165) is 18.5 Å². The van der Waals surface area contributed by atoms with E-state index in [1.165, 1.54) is 0 Å². The normalized spacial score (nSPS) is 14.7. The quantitative estimate of drug-likeness (QED) is 0.689. The maximum Gasteiger partial charge on any atom is 0.125 e. The molecule has 0 aliphatic carbocycles. The Kier molecular flexibility index (Phi) is 5.46. The second-order valence-corrected chi connectivity index (χ2v) is 4.01. The van der Waals surface area contributed by atoms with Gasteiger partial charge in [0, 0.05) is 13.7 Å². The van der Waals surface area contributed by atoms with Crippen LogP contribution in [-0.2, 0) is 10.3 Å². The van der Waals surface area contributed by atoms with Crippen LogP contribution in [0.1, 0.15) is 18.9 Å². The van der Waals surface area contributed by atoms with Crippen molar-refractivity contribution in [2.45, 2.75) is 18.9 Å². The fraction of sp³-hybridized carbons (Fsp3) is 0.538. The van der Waals surface area contributed by atoms with Crippen LogP contribution in [0.15, 0.2) is 30.3 Å². The van der Waals surface area contributed by atoms with Crippen LogP contribution in [-0.4, -0.2) is 31.9 Å². The van der Waals surface area contributed by atoms with Gasteiger partial charge in [0.05, 0.1) is 6.61 Å². The van der Waals surface area contributed by atoms with Crippen LogP contribution in [0.25, 0.3) is 0 Å². The van der Waals surface area contributed by atoms with Crippen LogP contribution in [0.5, 0.6) is 0 Å². The van der Waals surface area contributed by atoms with E-state index in [9.17, 15) is 5.11 Å². The predicted octanol–water partition coefficient (Wildman–Crippen LogP) is 1.52. The molecule has 90 valence electrons. The first-order valence-corrected chi connectivity index (χ1v) is 5.70. The summed E-state index contributed by atoms with van der Waals surface area (Å²) in [5, 5.41) is 13.8. The van der Waals surface area contributed by atoms with Crippen LogP contribution in [0.4, 0.5) is 0 Å². The molecule has 0 aromatic heterocycles. The minimum absolute atomic E-state index is 0.299. The first kappa shape index (κ1) is 13.2. The molecular formula is C13H21NO2. The summed E-state index contributed by atoms with van der Waals surface area (Å²) < 4.78 is 5.10. The molecule has 2 N–H and O–H groups in total. The van der Waals surface area contributed by atoms with Crippen molar-refractivity contribution in [3.63, 3.8) is 0 Å². The molecule has 1 rings (SSSR count). The smallest absolute Gasteiger partial charge is 0.125 e. The maximum atomic E-state index is 10.5. The molecule has 0 saturated carbocycles. The standard InChI is InChI=1S/C13H21NO2/c1-3-9-14-10-13(15,11-16-2)12-7-5-4-6-8-12/h4-8,14-15H,3,9-11H2,1-2H3.